The van der Waals surface area contributed by atoms with E-state index >= 15 is 0 Å². The summed E-state index contributed by atoms with van der Waals surface area (Å²) in [6.45, 7) is 4.17. The van der Waals surface area contributed by atoms with Crippen LogP contribution < -0.4 is 16.8 Å². The molecule has 1 amide bonds. The van der Waals surface area contributed by atoms with E-state index in [0.717, 1.165) is 5.56 Å². The summed E-state index contributed by atoms with van der Waals surface area (Å²) < 4.78 is 0. The highest BCUT2D eigenvalue weighted by molar-refractivity contribution is 5.95. The van der Waals surface area contributed by atoms with E-state index in [4.69, 9.17) is 11.5 Å². The quantitative estimate of drug-likeness (QED) is 0.637. The van der Waals surface area contributed by atoms with Gasteiger partial charge < -0.3 is 16.8 Å². The Hall–Kier alpha value is -1.55. The average Bonchev–Trinajstić information content (AvgIpc) is 2.21. The number of amides is 1. The van der Waals surface area contributed by atoms with Gasteiger partial charge in [-0.3, -0.25) is 4.79 Å². The van der Waals surface area contributed by atoms with E-state index in [1.165, 1.54) is 0 Å². The SMILES string of the molecule is Cc1cc(C(=O)NC(C)CN)ccc1N. The van der Waals surface area contributed by atoms with E-state index in [1.54, 1.807) is 18.2 Å². The first kappa shape index (κ1) is 11.5. The lowest BCUT2D eigenvalue weighted by atomic mass is 10.1. The predicted octanol–water partition coefficient (Wildman–Crippen LogP) is 0.654. The molecule has 0 bridgehead atoms. The van der Waals surface area contributed by atoms with Gasteiger partial charge in [0, 0.05) is 23.8 Å². The molecule has 1 aromatic rings. The topological polar surface area (TPSA) is 81.1 Å². The summed E-state index contributed by atoms with van der Waals surface area (Å²) in [4.78, 5) is 11.7. The molecular weight excluding hydrogens is 190 g/mol. The molecule has 1 aromatic carbocycles. The fraction of sp³-hybridized carbons (Fsp3) is 0.364. The van der Waals surface area contributed by atoms with Crippen LogP contribution in [0.1, 0.15) is 22.8 Å². The summed E-state index contributed by atoms with van der Waals surface area (Å²) in [7, 11) is 0. The van der Waals surface area contributed by atoms with Gasteiger partial charge >= 0.3 is 0 Å². The Morgan fingerprint density at radius 1 is 1.53 bits per heavy atom. The van der Waals surface area contributed by atoms with Crippen LogP contribution in [-0.2, 0) is 0 Å². The van der Waals surface area contributed by atoms with Gasteiger partial charge in [0.25, 0.3) is 5.91 Å². The van der Waals surface area contributed by atoms with E-state index in [1.807, 2.05) is 13.8 Å². The molecule has 0 radical (unpaired) electrons. The average molecular weight is 207 g/mol. The summed E-state index contributed by atoms with van der Waals surface area (Å²) in [6.07, 6.45) is 0. The second-order valence-electron chi connectivity index (χ2n) is 3.68. The second kappa shape index (κ2) is 4.79. The van der Waals surface area contributed by atoms with Gasteiger partial charge in [0.05, 0.1) is 0 Å². The van der Waals surface area contributed by atoms with Crippen molar-refractivity contribution >= 4 is 11.6 Å². The van der Waals surface area contributed by atoms with Gasteiger partial charge in [-0.15, -0.1) is 0 Å². The number of hydrogen-bond donors (Lipinski definition) is 3. The third kappa shape index (κ3) is 2.95. The minimum absolute atomic E-state index is 0.0182. The standard InChI is InChI=1S/C11H17N3O/c1-7-5-9(3-4-10(7)13)11(15)14-8(2)6-12/h3-5,8H,6,12-13H2,1-2H3,(H,14,15). The van der Waals surface area contributed by atoms with Gasteiger partial charge in [-0.25, -0.2) is 0 Å². The molecule has 0 fully saturated rings. The van der Waals surface area contributed by atoms with Crippen LogP contribution in [0.4, 0.5) is 5.69 Å². The first-order chi connectivity index (χ1) is 7.04. The van der Waals surface area contributed by atoms with Crippen LogP contribution in [0.5, 0.6) is 0 Å². The monoisotopic (exact) mass is 207 g/mol. The molecule has 0 aliphatic heterocycles. The molecular formula is C11H17N3O. The molecule has 0 saturated heterocycles. The first-order valence-corrected chi connectivity index (χ1v) is 4.91. The first-order valence-electron chi connectivity index (χ1n) is 4.91. The Kier molecular flexibility index (Phi) is 3.68. The predicted molar refractivity (Wildman–Crippen MR) is 61.6 cm³/mol. The van der Waals surface area contributed by atoms with Gasteiger partial charge in [-0.2, -0.15) is 0 Å². The fourth-order valence-corrected chi connectivity index (χ4v) is 1.18. The highest BCUT2D eigenvalue weighted by atomic mass is 16.1. The maximum absolute atomic E-state index is 11.7. The van der Waals surface area contributed by atoms with Crippen molar-refractivity contribution in [2.75, 3.05) is 12.3 Å². The summed E-state index contributed by atoms with van der Waals surface area (Å²) in [5.74, 6) is -0.115. The molecule has 1 atom stereocenters. The molecule has 0 aromatic heterocycles. The van der Waals surface area contributed by atoms with E-state index in [2.05, 4.69) is 5.32 Å². The maximum Gasteiger partial charge on any atom is 0.251 e. The number of nitrogens with two attached hydrogens (primary N) is 2. The van der Waals surface area contributed by atoms with Crippen LogP contribution in [0.25, 0.3) is 0 Å². The molecule has 15 heavy (non-hydrogen) atoms. The van der Waals surface area contributed by atoms with Crippen LogP contribution in [0.2, 0.25) is 0 Å². The van der Waals surface area contributed by atoms with Crippen molar-refractivity contribution in [3.8, 4) is 0 Å². The lowest BCUT2D eigenvalue weighted by Gasteiger charge is -2.11. The van der Waals surface area contributed by atoms with Crippen molar-refractivity contribution < 1.29 is 4.79 Å². The smallest absolute Gasteiger partial charge is 0.251 e. The fourth-order valence-electron chi connectivity index (χ4n) is 1.18. The number of hydrogen-bond acceptors (Lipinski definition) is 3. The Bertz CT molecular complexity index is 363. The molecule has 1 unspecified atom stereocenters. The van der Waals surface area contributed by atoms with Crippen molar-refractivity contribution in [1.29, 1.82) is 0 Å². The minimum Gasteiger partial charge on any atom is -0.399 e. The Morgan fingerprint density at radius 3 is 2.73 bits per heavy atom. The van der Waals surface area contributed by atoms with Crippen LogP contribution in [0.3, 0.4) is 0 Å². The van der Waals surface area contributed by atoms with Gasteiger partial charge in [-0.05, 0) is 37.6 Å². The molecule has 0 heterocycles. The number of anilines is 1. The molecule has 0 aliphatic carbocycles. The number of aryl methyl sites for hydroxylation is 1. The van der Waals surface area contributed by atoms with E-state index < -0.39 is 0 Å². The minimum atomic E-state index is -0.115. The van der Waals surface area contributed by atoms with Gasteiger partial charge in [-0.1, -0.05) is 0 Å². The Labute approximate surface area is 89.6 Å². The summed E-state index contributed by atoms with van der Waals surface area (Å²) >= 11 is 0. The number of nitrogen functional groups attached to an aromatic ring is 1. The molecule has 1 rings (SSSR count). The Balaban J connectivity index is 2.78. The van der Waals surface area contributed by atoms with Crippen molar-refractivity contribution in [2.45, 2.75) is 19.9 Å². The van der Waals surface area contributed by atoms with Crippen molar-refractivity contribution in [1.82, 2.24) is 5.32 Å². The largest absolute Gasteiger partial charge is 0.399 e. The van der Waals surface area contributed by atoms with Gasteiger partial charge in [0.2, 0.25) is 0 Å². The normalized spacial score (nSPS) is 12.2. The van der Waals surface area contributed by atoms with Crippen molar-refractivity contribution in [3.63, 3.8) is 0 Å². The van der Waals surface area contributed by atoms with E-state index in [9.17, 15) is 4.79 Å². The summed E-state index contributed by atoms with van der Waals surface area (Å²) in [6, 6.07) is 5.20. The molecule has 5 N–H and O–H groups in total. The zero-order chi connectivity index (χ0) is 11.4. The van der Waals surface area contributed by atoms with Gasteiger partial charge in [0.15, 0.2) is 0 Å². The van der Waals surface area contributed by atoms with Crippen LogP contribution >= 0.6 is 0 Å². The number of carbonyl (C=O) groups is 1. The lowest BCUT2D eigenvalue weighted by molar-refractivity contribution is 0.0941. The highest BCUT2D eigenvalue weighted by Gasteiger charge is 2.08. The third-order valence-corrected chi connectivity index (χ3v) is 2.26. The summed E-state index contributed by atoms with van der Waals surface area (Å²) in [5.41, 5.74) is 13.3. The zero-order valence-electron chi connectivity index (χ0n) is 9.08. The molecule has 0 spiro atoms. The van der Waals surface area contributed by atoms with E-state index in [0.29, 0.717) is 17.8 Å². The van der Waals surface area contributed by atoms with Crippen molar-refractivity contribution in [2.24, 2.45) is 5.73 Å². The number of nitrogens with one attached hydrogen (secondary N) is 1. The van der Waals surface area contributed by atoms with E-state index in [-0.39, 0.29) is 11.9 Å². The lowest BCUT2D eigenvalue weighted by Crippen LogP contribution is -2.37. The third-order valence-electron chi connectivity index (χ3n) is 2.26. The number of carbonyl (C=O) groups excluding carboxylic acids is 1. The van der Waals surface area contributed by atoms with Crippen LogP contribution in [0.15, 0.2) is 18.2 Å². The number of rotatable bonds is 3. The van der Waals surface area contributed by atoms with Gasteiger partial charge in [0.1, 0.15) is 0 Å². The zero-order valence-corrected chi connectivity index (χ0v) is 9.08. The molecule has 0 aliphatic rings. The number of benzene rings is 1. The molecule has 0 saturated carbocycles. The molecule has 4 heteroatoms. The Morgan fingerprint density at radius 2 is 2.20 bits per heavy atom. The summed E-state index contributed by atoms with van der Waals surface area (Å²) in [5, 5.41) is 2.79. The van der Waals surface area contributed by atoms with Crippen molar-refractivity contribution in [3.05, 3.63) is 29.3 Å². The van der Waals surface area contributed by atoms with Crippen LogP contribution in [-0.4, -0.2) is 18.5 Å². The highest BCUT2D eigenvalue weighted by Crippen LogP contribution is 2.12. The molecule has 4 nitrogen and oxygen atoms in total. The second-order valence-corrected chi connectivity index (χ2v) is 3.68. The van der Waals surface area contributed by atoms with Crippen LogP contribution in [0, 0.1) is 6.92 Å². The molecule has 82 valence electrons. The maximum atomic E-state index is 11.7.